The van der Waals surface area contributed by atoms with Gasteiger partial charge >= 0.3 is 5.97 Å². The number of hydrogen-bond donors (Lipinski definition) is 2. The fraction of sp³-hybridized carbons (Fsp3) is 0.235. The predicted molar refractivity (Wildman–Crippen MR) is 85.0 cm³/mol. The van der Waals surface area contributed by atoms with Crippen molar-refractivity contribution in [3.8, 4) is 11.3 Å². The molecule has 112 valence electrons. The van der Waals surface area contributed by atoms with Gasteiger partial charge in [0.15, 0.2) is 0 Å². The molecule has 1 aromatic carbocycles. The topological polar surface area (TPSA) is 78.9 Å². The van der Waals surface area contributed by atoms with E-state index in [0.717, 1.165) is 16.3 Å². The normalized spacial score (nSPS) is 11.8. The number of aromatic amines is 1. The molecule has 0 radical (unpaired) electrons. The molecule has 0 bridgehead atoms. The summed E-state index contributed by atoms with van der Waals surface area (Å²) in [4.78, 5) is 15.3. The molecule has 0 aliphatic rings. The summed E-state index contributed by atoms with van der Waals surface area (Å²) >= 11 is 0. The molecule has 0 aliphatic carbocycles. The molecular formula is C17H17N3O2. The minimum atomic E-state index is -1.02. The summed E-state index contributed by atoms with van der Waals surface area (Å²) in [7, 11) is 0. The number of H-pyrrole nitrogens is 1. The second-order valence-electron chi connectivity index (χ2n) is 6.34. The van der Waals surface area contributed by atoms with E-state index in [0.29, 0.717) is 5.69 Å². The molecule has 5 heteroatoms. The first-order valence-corrected chi connectivity index (χ1v) is 7.03. The number of carbonyl (C=O) groups is 1. The predicted octanol–water partition coefficient (Wildman–Crippen LogP) is 3.62. The van der Waals surface area contributed by atoms with Gasteiger partial charge in [0, 0.05) is 23.3 Å². The molecule has 3 aromatic rings. The van der Waals surface area contributed by atoms with Crippen molar-refractivity contribution in [2.45, 2.75) is 26.2 Å². The minimum absolute atomic E-state index is 0.0108. The van der Waals surface area contributed by atoms with Crippen LogP contribution in [0.15, 0.2) is 36.7 Å². The summed E-state index contributed by atoms with van der Waals surface area (Å²) in [6.45, 7) is 6.47. The maximum atomic E-state index is 10.9. The van der Waals surface area contributed by atoms with Gasteiger partial charge in [-0.1, -0.05) is 32.9 Å². The number of carboxylic acids is 1. The minimum Gasteiger partial charge on any atom is -0.477 e. The van der Waals surface area contributed by atoms with Crippen LogP contribution >= 0.6 is 0 Å². The molecule has 2 N–H and O–H groups in total. The highest BCUT2D eigenvalue weighted by Gasteiger charge is 2.17. The first kappa shape index (κ1) is 14.3. The van der Waals surface area contributed by atoms with E-state index < -0.39 is 5.97 Å². The van der Waals surface area contributed by atoms with Gasteiger partial charge in [-0.15, -0.1) is 0 Å². The zero-order valence-corrected chi connectivity index (χ0v) is 12.7. The molecule has 0 fully saturated rings. The van der Waals surface area contributed by atoms with Crippen LogP contribution in [0.25, 0.3) is 22.0 Å². The molecule has 5 nitrogen and oxygen atoms in total. The lowest BCUT2D eigenvalue weighted by atomic mass is 9.85. The van der Waals surface area contributed by atoms with Crippen molar-refractivity contribution in [3.63, 3.8) is 0 Å². The average Bonchev–Trinajstić information content (AvgIpc) is 2.95. The Hall–Kier alpha value is -2.69. The van der Waals surface area contributed by atoms with E-state index in [-0.39, 0.29) is 11.1 Å². The Morgan fingerprint density at radius 3 is 2.59 bits per heavy atom. The maximum Gasteiger partial charge on any atom is 0.353 e. The number of carboxylic acid groups (broad SMARTS) is 1. The zero-order chi connectivity index (χ0) is 15.9. The second-order valence-corrected chi connectivity index (χ2v) is 6.34. The lowest BCUT2D eigenvalue weighted by Crippen LogP contribution is -2.12. The number of pyridine rings is 1. The van der Waals surface area contributed by atoms with Crippen LogP contribution in [0.4, 0.5) is 0 Å². The SMILES string of the molecule is CC(C)(C)c1cncc2cc(-c3cc(C(=O)O)[nH]n3)ccc12. The Labute approximate surface area is 128 Å². The summed E-state index contributed by atoms with van der Waals surface area (Å²) < 4.78 is 0. The van der Waals surface area contributed by atoms with Crippen LogP contribution in [0.5, 0.6) is 0 Å². The van der Waals surface area contributed by atoms with Crippen molar-refractivity contribution in [2.24, 2.45) is 0 Å². The van der Waals surface area contributed by atoms with Crippen molar-refractivity contribution in [1.82, 2.24) is 15.2 Å². The fourth-order valence-corrected chi connectivity index (χ4v) is 2.51. The van der Waals surface area contributed by atoms with Gasteiger partial charge in [0.05, 0.1) is 5.69 Å². The summed E-state index contributed by atoms with van der Waals surface area (Å²) in [5.74, 6) is -1.02. The summed E-state index contributed by atoms with van der Waals surface area (Å²) in [5, 5.41) is 17.7. The van der Waals surface area contributed by atoms with Gasteiger partial charge < -0.3 is 5.11 Å². The summed E-state index contributed by atoms with van der Waals surface area (Å²) in [5.41, 5.74) is 2.75. The second kappa shape index (κ2) is 4.94. The number of benzene rings is 1. The molecule has 2 heterocycles. The quantitative estimate of drug-likeness (QED) is 0.756. The van der Waals surface area contributed by atoms with E-state index >= 15 is 0 Å². The molecule has 2 aromatic heterocycles. The average molecular weight is 295 g/mol. The molecule has 0 saturated heterocycles. The maximum absolute atomic E-state index is 10.9. The van der Waals surface area contributed by atoms with Crippen LogP contribution in [0, 0.1) is 0 Å². The lowest BCUT2D eigenvalue weighted by Gasteiger charge is -2.20. The first-order chi connectivity index (χ1) is 10.4. The van der Waals surface area contributed by atoms with Gasteiger partial charge in [-0.3, -0.25) is 10.1 Å². The highest BCUT2D eigenvalue weighted by Crippen LogP contribution is 2.31. The van der Waals surface area contributed by atoms with Crippen molar-refractivity contribution in [1.29, 1.82) is 0 Å². The molecular weight excluding hydrogens is 278 g/mol. The number of rotatable bonds is 2. The highest BCUT2D eigenvalue weighted by molar-refractivity contribution is 5.91. The molecule has 0 amide bonds. The van der Waals surface area contributed by atoms with Gasteiger partial charge in [0.2, 0.25) is 0 Å². The van der Waals surface area contributed by atoms with Gasteiger partial charge in [-0.2, -0.15) is 5.10 Å². The molecule has 22 heavy (non-hydrogen) atoms. The number of nitrogens with zero attached hydrogens (tertiary/aromatic N) is 2. The number of hydrogen-bond acceptors (Lipinski definition) is 3. The Morgan fingerprint density at radius 1 is 1.18 bits per heavy atom. The number of aromatic nitrogens is 3. The molecule has 0 aliphatic heterocycles. The molecule has 0 atom stereocenters. The van der Waals surface area contributed by atoms with Gasteiger partial charge in [0.25, 0.3) is 0 Å². The first-order valence-electron chi connectivity index (χ1n) is 7.03. The molecule has 0 saturated carbocycles. The highest BCUT2D eigenvalue weighted by atomic mass is 16.4. The Kier molecular flexibility index (Phi) is 3.20. The van der Waals surface area contributed by atoms with E-state index in [2.05, 4.69) is 36.0 Å². The van der Waals surface area contributed by atoms with E-state index in [1.165, 1.54) is 11.6 Å². The largest absolute Gasteiger partial charge is 0.477 e. The Balaban J connectivity index is 2.12. The van der Waals surface area contributed by atoms with E-state index in [9.17, 15) is 4.79 Å². The van der Waals surface area contributed by atoms with Gasteiger partial charge in [-0.25, -0.2) is 4.79 Å². The number of nitrogens with one attached hydrogen (secondary N) is 1. The molecule has 0 spiro atoms. The van der Waals surface area contributed by atoms with Crippen LogP contribution in [0.2, 0.25) is 0 Å². The third-order valence-corrected chi connectivity index (χ3v) is 3.67. The number of fused-ring (bicyclic) bond motifs is 1. The van der Waals surface area contributed by atoms with Crippen LogP contribution in [0.1, 0.15) is 36.8 Å². The van der Waals surface area contributed by atoms with E-state index in [1.807, 2.05) is 30.6 Å². The van der Waals surface area contributed by atoms with E-state index in [1.54, 1.807) is 0 Å². The Morgan fingerprint density at radius 2 is 1.95 bits per heavy atom. The summed E-state index contributed by atoms with van der Waals surface area (Å²) in [6.07, 6.45) is 3.72. The van der Waals surface area contributed by atoms with Crippen LogP contribution in [-0.2, 0) is 5.41 Å². The van der Waals surface area contributed by atoms with Crippen molar-refractivity contribution in [2.75, 3.05) is 0 Å². The van der Waals surface area contributed by atoms with Crippen molar-refractivity contribution in [3.05, 3.63) is 47.9 Å². The lowest BCUT2D eigenvalue weighted by molar-refractivity contribution is 0.0690. The van der Waals surface area contributed by atoms with Crippen molar-refractivity contribution < 1.29 is 9.90 Å². The monoisotopic (exact) mass is 295 g/mol. The van der Waals surface area contributed by atoms with Crippen molar-refractivity contribution >= 4 is 16.7 Å². The van der Waals surface area contributed by atoms with Gasteiger partial charge in [-0.05, 0) is 28.5 Å². The smallest absolute Gasteiger partial charge is 0.353 e. The number of aromatic carboxylic acids is 1. The van der Waals surface area contributed by atoms with Crippen LogP contribution in [0.3, 0.4) is 0 Å². The van der Waals surface area contributed by atoms with Crippen LogP contribution in [-0.4, -0.2) is 26.3 Å². The Bertz CT molecular complexity index is 860. The third kappa shape index (κ3) is 2.45. The van der Waals surface area contributed by atoms with Gasteiger partial charge in [0.1, 0.15) is 5.69 Å². The standard InChI is InChI=1S/C17H17N3O2/c1-17(2,3)13-9-18-8-11-6-10(4-5-12(11)13)14-7-15(16(21)22)20-19-14/h4-9H,1-3H3,(H,19,20)(H,21,22). The summed E-state index contributed by atoms with van der Waals surface area (Å²) in [6, 6.07) is 7.52. The zero-order valence-electron chi connectivity index (χ0n) is 12.7. The third-order valence-electron chi connectivity index (χ3n) is 3.67. The van der Waals surface area contributed by atoms with Crippen LogP contribution < -0.4 is 0 Å². The molecule has 0 unspecified atom stereocenters. The fourth-order valence-electron chi connectivity index (χ4n) is 2.51. The molecule has 3 rings (SSSR count). The van der Waals surface area contributed by atoms with E-state index in [4.69, 9.17) is 5.11 Å².